The zero-order valence-corrected chi connectivity index (χ0v) is 16.2. The van der Waals surface area contributed by atoms with Crippen molar-refractivity contribution in [2.24, 2.45) is 10.7 Å². The summed E-state index contributed by atoms with van der Waals surface area (Å²) in [6.07, 6.45) is 2.02. The maximum absolute atomic E-state index is 12.2. The first-order chi connectivity index (χ1) is 13.4. The van der Waals surface area contributed by atoms with Gasteiger partial charge in [0, 0.05) is 37.2 Å². The third-order valence-corrected chi connectivity index (χ3v) is 4.38. The number of hydrogen-bond acceptors (Lipinski definition) is 5. The van der Waals surface area contributed by atoms with Crippen LogP contribution in [0.25, 0.3) is 17.2 Å². The number of nitrogens with two attached hydrogens (primary N) is 1. The van der Waals surface area contributed by atoms with E-state index in [0.29, 0.717) is 29.3 Å². The van der Waals surface area contributed by atoms with Gasteiger partial charge in [-0.05, 0) is 42.3 Å². The summed E-state index contributed by atoms with van der Waals surface area (Å²) in [5, 5.41) is 0. The average Bonchev–Trinajstić information content (AvgIpc) is 2.85. The van der Waals surface area contributed by atoms with Gasteiger partial charge in [0.25, 0.3) is 5.91 Å². The Hall–Kier alpha value is -3.41. The monoisotopic (exact) mass is 377 g/mol. The summed E-state index contributed by atoms with van der Waals surface area (Å²) in [4.78, 5) is 30.4. The van der Waals surface area contributed by atoms with E-state index in [1.807, 2.05) is 36.4 Å². The molecule has 0 saturated carbocycles. The second kappa shape index (κ2) is 8.08. The molecule has 2 N–H and O–H groups in total. The van der Waals surface area contributed by atoms with Crippen LogP contribution in [0.3, 0.4) is 0 Å². The number of hydrogen-bond donors (Lipinski definition) is 1. The molecule has 0 atom stereocenters. The third kappa shape index (κ3) is 4.11. The number of amides is 1. The van der Waals surface area contributed by atoms with Gasteiger partial charge in [-0.1, -0.05) is 24.3 Å². The van der Waals surface area contributed by atoms with E-state index in [1.54, 1.807) is 38.1 Å². The Balaban J connectivity index is 2.01. The number of nitrogens with zero attached hydrogens (tertiary/aromatic N) is 2. The molecule has 0 unspecified atom stereocenters. The quantitative estimate of drug-likeness (QED) is 0.828. The predicted octanol–water partition coefficient (Wildman–Crippen LogP) is 3.39. The second-order valence-corrected chi connectivity index (χ2v) is 6.72. The SMILES string of the molecule is CCOC(=O)C1=Cc2ccc(-c3cccc(C(=O)N(C)C)c3)cc2N=C(N)C1. The molecule has 0 saturated heterocycles. The predicted molar refractivity (Wildman–Crippen MR) is 110 cm³/mol. The van der Waals surface area contributed by atoms with Crippen molar-refractivity contribution >= 4 is 29.5 Å². The average molecular weight is 377 g/mol. The van der Waals surface area contributed by atoms with E-state index in [-0.39, 0.29) is 18.3 Å². The van der Waals surface area contributed by atoms with Crippen molar-refractivity contribution in [1.29, 1.82) is 0 Å². The summed E-state index contributed by atoms with van der Waals surface area (Å²) in [5.41, 5.74) is 10.4. The van der Waals surface area contributed by atoms with E-state index in [0.717, 1.165) is 16.7 Å². The van der Waals surface area contributed by atoms with E-state index < -0.39 is 0 Å². The van der Waals surface area contributed by atoms with Crippen LogP contribution in [0.4, 0.5) is 5.69 Å². The molecule has 6 heteroatoms. The fourth-order valence-corrected chi connectivity index (χ4v) is 3.02. The van der Waals surface area contributed by atoms with Crippen LogP contribution in [0.1, 0.15) is 29.3 Å². The van der Waals surface area contributed by atoms with Gasteiger partial charge >= 0.3 is 5.97 Å². The summed E-state index contributed by atoms with van der Waals surface area (Å²) in [6, 6.07) is 13.2. The van der Waals surface area contributed by atoms with Crippen LogP contribution >= 0.6 is 0 Å². The number of fused-ring (bicyclic) bond motifs is 1. The van der Waals surface area contributed by atoms with Gasteiger partial charge in [0.1, 0.15) is 5.84 Å². The van der Waals surface area contributed by atoms with Crippen molar-refractivity contribution in [3.05, 3.63) is 59.2 Å². The molecular formula is C22H23N3O3. The highest BCUT2D eigenvalue weighted by Gasteiger charge is 2.17. The minimum atomic E-state index is -0.382. The van der Waals surface area contributed by atoms with Crippen LogP contribution < -0.4 is 5.73 Å². The Labute approximate surface area is 164 Å². The highest BCUT2D eigenvalue weighted by atomic mass is 16.5. The number of carbonyl (C=O) groups is 2. The molecule has 0 fully saturated rings. The fraction of sp³-hybridized carbons (Fsp3) is 0.227. The number of amidine groups is 1. The number of esters is 1. The van der Waals surface area contributed by atoms with E-state index in [9.17, 15) is 9.59 Å². The van der Waals surface area contributed by atoms with E-state index in [2.05, 4.69) is 4.99 Å². The molecule has 1 heterocycles. The molecule has 3 rings (SSSR count). The molecule has 0 bridgehead atoms. The molecule has 28 heavy (non-hydrogen) atoms. The maximum atomic E-state index is 12.2. The summed E-state index contributed by atoms with van der Waals surface area (Å²) in [5.74, 6) is -0.0832. The highest BCUT2D eigenvalue weighted by Crippen LogP contribution is 2.32. The molecule has 0 aliphatic carbocycles. The topological polar surface area (TPSA) is 85.0 Å². The van der Waals surface area contributed by atoms with Crippen LogP contribution in [0.15, 0.2) is 53.0 Å². The molecule has 144 valence electrons. The standard InChI is InChI=1S/C22H23N3O3/c1-4-28-22(27)18-11-16-9-8-15(12-19(16)24-20(23)13-18)14-6-5-7-17(10-14)21(26)25(2)3/h5-12H,4,13H2,1-3H3,(H2,23,24). The number of carbonyl (C=O) groups excluding carboxylic acids is 2. The molecule has 0 radical (unpaired) electrons. The third-order valence-electron chi connectivity index (χ3n) is 4.38. The molecule has 2 aromatic carbocycles. The number of rotatable bonds is 4. The lowest BCUT2D eigenvalue weighted by Crippen LogP contribution is -2.21. The van der Waals surface area contributed by atoms with Gasteiger partial charge in [-0.2, -0.15) is 0 Å². The first-order valence-electron chi connectivity index (χ1n) is 9.06. The smallest absolute Gasteiger partial charge is 0.334 e. The summed E-state index contributed by atoms with van der Waals surface area (Å²) in [6.45, 7) is 2.07. The largest absolute Gasteiger partial charge is 0.463 e. The highest BCUT2D eigenvalue weighted by molar-refractivity contribution is 6.03. The normalized spacial score (nSPS) is 13.0. The van der Waals surface area contributed by atoms with Crippen molar-refractivity contribution in [2.45, 2.75) is 13.3 Å². The van der Waals surface area contributed by atoms with Crippen LogP contribution in [0, 0.1) is 0 Å². The van der Waals surface area contributed by atoms with E-state index in [4.69, 9.17) is 10.5 Å². The number of ether oxygens (including phenoxy) is 1. The summed E-state index contributed by atoms with van der Waals surface area (Å²) < 4.78 is 5.09. The number of benzene rings is 2. The van der Waals surface area contributed by atoms with E-state index >= 15 is 0 Å². The van der Waals surface area contributed by atoms with Crippen molar-refractivity contribution in [1.82, 2.24) is 4.90 Å². The van der Waals surface area contributed by atoms with Gasteiger partial charge in [0.05, 0.1) is 12.3 Å². The lowest BCUT2D eigenvalue weighted by atomic mass is 9.99. The molecule has 1 aliphatic heterocycles. The molecule has 0 spiro atoms. The molecule has 6 nitrogen and oxygen atoms in total. The van der Waals surface area contributed by atoms with Crippen LogP contribution in [-0.2, 0) is 9.53 Å². The van der Waals surface area contributed by atoms with Crippen molar-refractivity contribution in [3.8, 4) is 11.1 Å². The van der Waals surface area contributed by atoms with Gasteiger partial charge in [0.15, 0.2) is 0 Å². The lowest BCUT2D eigenvalue weighted by molar-refractivity contribution is -0.138. The molecule has 1 aliphatic rings. The van der Waals surface area contributed by atoms with E-state index in [1.165, 1.54) is 0 Å². The first-order valence-corrected chi connectivity index (χ1v) is 9.06. The second-order valence-electron chi connectivity index (χ2n) is 6.72. The maximum Gasteiger partial charge on any atom is 0.334 e. The Morgan fingerprint density at radius 2 is 1.89 bits per heavy atom. The Kier molecular flexibility index (Phi) is 5.59. The van der Waals surface area contributed by atoms with Crippen molar-refractivity contribution < 1.29 is 14.3 Å². The van der Waals surface area contributed by atoms with Crippen LogP contribution in [0.2, 0.25) is 0 Å². The lowest BCUT2D eigenvalue weighted by Gasteiger charge is -2.12. The van der Waals surface area contributed by atoms with Crippen LogP contribution in [-0.4, -0.2) is 43.3 Å². The van der Waals surface area contributed by atoms with Gasteiger partial charge in [-0.15, -0.1) is 0 Å². The molecule has 2 aromatic rings. The minimum Gasteiger partial charge on any atom is -0.463 e. The summed E-state index contributed by atoms with van der Waals surface area (Å²) in [7, 11) is 3.45. The van der Waals surface area contributed by atoms with Gasteiger partial charge in [0.2, 0.25) is 0 Å². The van der Waals surface area contributed by atoms with Crippen molar-refractivity contribution in [2.75, 3.05) is 20.7 Å². The molecular weight excluding hydrogens is 354 g/mol. The molecule has 0 aromatic heterocycles. The summed E-state index contributed by atoms with van der Waals surface area (Å²) >= 11 is 0. The number of aliphatic imine (C=N–C) groups is 1. The van der Waals surface area contributed by atoms with Gasteiger partial charge < -0.3 is 15.4 Å². The van der Waals surface area contributed by atoms with Gasteiger partial charge in [-0.25, -0.2) is 9.79 Å². The first kappa shape index (κ1) is 19.4. The Morgan fingerprint density at radius 1 is 1.14 bits per heavy atom. The molecule has 1 amide bonds. The zero-order valence-electron chi connectivity index (χ0n) is 16.2. The minimum absolute atomic E-state index is 0.0547. The Morgan fingerprint density at radius 3 is 2.61 bits per heavy atom. The van der Waals surface area contributed by atoms with Gasteiger partial charge in [-0.3, -0.25) is 4.79 Å². The van der Waals surface area contributed by atoms with Crippen LogP contribution in [0.5, 0.6) is 0 Å². The Bertz CT molecular complexity index is 990. The zero-order chi connectivity index (χ0) is 20.3. The fourth-order valence-electron chi connectivity index (χ4n) is 3.02. The van der Waals surface area contributed by atoms with Crippen molar-refractivity contribution in [3.63, 3.8) is 0 Å².